The molecule has 256 valence electrons. The first-order chi connectivity index (χ1) is 20.5. The van der Waals surface area contributed by atoms with E-state index >= 15 is 0 Å². The molecule has 45 heavy (non-hydrogen) atoms. The number of carbonyl (C=O) groups is 4. The summed E-state index contributed by atoms with van der Waals surface area (Å²) in [7, 11) is 1.76. The molecule has 1 aromatic carbocycles. The van der Waals surface area contributed by atoms with Gasteiger partial charge < -0.3 is 30.5 Å². The Morgan fingerprint density at radius 3 is 1.60 bits per heavy atom. The van der Waals surface area contributed by atoms with Gasteiger partial charge in [0.2, 0.25) is 5.91 Å². The van der Waals surface area contributed by atoms with Gasteiger partial charge in [-0.3, -0.25) is 15.0 Å². The van der Waals surface area contributed by atoms with Crippen LogP contribution >= 0.6 is 22.6 Å². The van der Waals surface area contributed by atoms with Crippen molar-refractivity contribution >= 4 is 46.6 Å². The predicted molar refractivity (Wildman–Crippen MR) is 155 cm³/mol. The monoisotopic (exact) mass is 771 g/mol. The molecule has 1 rings (SSSR count). The number of amides is 4. The van der Waals surface area contributed by atoms with E-state index in [1.54, 1.807) is 29.6 Å². The number of rotatable bonds is 13. The van der Waals surface area contributed by atoms with Gasteiger partial charge in [-0.15, -0.1) is 0 Å². The smallest absolute Gasteiger partial charge is 0.407 e. The molecule has 4 amide bonds. The number of hydrogen-bond donors (Lipinski definition) is 6. The average molecular weight is 771 g/mol. The number of aliphatic hydroxyl groups is 1. The quantitative estimate of drug-likeness (QED) is 0.101. The van der Waals surface area contributed by atoms with Gasteiger partial charge in [0.05, 0.1) is 37.2 Å². The van der Waals surface area contributed by atoms with Gasteiger partial charge in [-0.05, 0) is 74.4 Å². The number of alkyl carbamates (subject to hydrolysis) is 2. The molecule has 4 atom stereocenters. The number of hydrazine groups is 1. The van der Waals surface area contributed by atoms with Crippen LogP contribution in [0.15, 0.2) is 24.3 Å². The summed E-state index contributed by atoms with van der Waals surface area (Å²) in [6.07, 6.45) is -14.4. The Kier molecular flexibility index (Phi) is 14.2. The lowest BCUT2D eigenvalue weighted by atomic mass is 9.82. The van der Waals surface area contributed by atoms with Gasteiger partial charge in [-0.2, -0.15) is 26.3 Å². The number of aliphatic hydroxyl groups excluding tert-OH is 1. The Bertz CT molecular complexity index is 1180. The molecule has 0 aromatic heterocycles. The van der Waals surface area contributed by atoms with E-state index in [9.17, 15) is 50.6 Å². The van der Waals surface area contributed by atoms with E-state index in [0.29, 0.717) is 33.3 Å². The van der Waals surface area contributed by atoms with E-state index in [-0.39, 0.29) is 6.42 Å². The topological polar surface area (TPSA) is 167 Å². The maximum atomic E-state index is 13.9. The lowest BCUT2D eigenvalue weighted by Crippen LogP contribution is -2.63. The van der Waals surface area contributed by atoms with E-state index in [4.69, 9.17) is 0 Å². The van der Waals surface area contributed by atoms with Crippen molar-refractivity contribution in [2.45, 2.75) is 70.7 Å². The minimum absolute atomic E-state index is 0.162. The number of methoxy groups -OCH3 is 2. The molecule has 19 heteroatoms. The molecule has 0 aliphatic heterocycles. The molecule has 0 radical (unpaired) electrons. The zero-order valence-electron chi connectivity index (χ0n) is 25.1. The Labute approximate surface area is 268 Å². The molecular weight excluding hydrogens is 735 g/mol. The first-order valence-electron chi connectivity index (χ1n) is 13.1. The van der Waals surface area contributed by atoms with Gasteiger partial charge in [0.15, 0.2) is 0 Å². The summed E-state index contributed by atoms with van der Waals surface area (Å²) in [5.41, 5.74) is -0.920. The van der Waals surface area contributed by atoms with Gasteiger partial charge in [-0.1, -0.05) is 12.1 Å². The molecule has 0 unspecified atom stereocenters. The van der Waals surface area contributed by atoms with Crippen molar-refractivity contribution in [3.8, 4) is 0 Å². The standard InChI is InChI=1S/C26H36F6IN5O7/c1-23(2,25(27,28)29)17(36-21(42)44-5)19(40)35-15(11-13-7-9-14(33)10-8-13)16(39)12-34-38-20(41)18(37-22(43)45-6)24(3,4)26(30,31)32/h7-10,15-18,34,39H,11-12H2,1-6H3,(H,35,40)(H,36,42)(H,37,43)(H,38,41)/t15-,16-,17+,18+/m0/s1. The van der Waals surface area contributed by atoms with Gasteiger partial charge >= 0.3 is 24.5 Å². The number of benzene rings is 1. The third-order valence-electron chi connectivity index (χ3n) is 7.01. The van der Waals surface area contributed by atoms with Crippen LogP contribution in [0.4, 0.5) is 35.9 Å². The molecule has 0 saturated carbocycles. The van der Waals surface area contributed by atoms with Crippen molar-refractivity contribution < 1.29 is 60.1 Å². The summed E-state index contributed by atoms with van der Waals surface area (Å²) in [5.74, 6) is -2.71. The molecule has 0 spiro atoms. The van der Waals surface area contributed by atoms with Crippen molar-refractivity contribution in [1.82, 2.24) is 26.8 Å². The molecule has 12 nitrogen and oxygen atoms in total. The zero-order chi connectivity index (χ0) is 35.0. The fraction of sp³-hybridized carbons (Fsp3) is 0.615. The molecule has 1 aromatic rings. The maximum Gasteiger partial charge on any atom is 0.407 e. The summed E-state index contributed by atoms with van der Waals surface area (Å²) < 4.78 is 92.1. The summed E-state index contributed by atoms with van der Waals surface area (Å²) in [6.45, 7) is 2.04. The van der Waals surface area contributed by atoms with Crippen LogP contribution in [0.2, 0.25) is 0 Å². The maximum absolute atomic E-state index is 13.9. The van der Waals surface area contributed by atoms with E-state index in [0.717, 1.165) is 17.8 Å². The Balaban J connectivity index is 3.26. The predicted octanol–water partition coefficient (Wildman–Crippen LogP) is 2.93. The molecule has 0 aliphatic carbocycles. The first kappa shape index (κ1) is 40.0. The van der Waals surface area contributed by atoms with Crippen molar-refractivity contribution in [3.05, 3.63) is 33.4 Å². The number of ether oxygens (including phenoxy) is 2. The molecule has 0 saturated heterocycles. The second-order valence-corrected chi connectivity index (χ2v) is 12.2. The minimum Gasteiger partial charge on any atom is -0.453 e. The van der Waals surface area contributed by atoms with Crippen LogP contribution in [0.1, 0.15) is 33.3 Å². The Hall–Kier alpha value is -3.07. The SMILES string of the molecule is COC(=O)N[C@H](C(=O)NNC[C@H](O)[C@H](Cc1ccc(I)cc1)NC(=O)[C@@H](NC(=O)OC)C(C)(C)C(F)(F)F)C(C)(C)C(F)(F)F. The van der Waals surface area contributed by atoms with Gasteiger partial charge in [-0.25, -0.2) is 15.0 Å². The van der Waals surface area contributed by atoms with Crippen molar-refractivity contribution in [1.29, 1.82) is 0 Å². The number of alkyl halides is 6. The van der Waals surface area contributed by atoms with Crippen molar-refractivity contribution in [3.63, 3.8) is 0 Å². The van der Waals surface area contributed by atoms with E-state index in [1.807, 2.05) is 33.3 Å². The Morgan fingerprint density at radius 2 is 1.20 bits per heavy atom. The minimum atomic E-state index is -4.98. The first-order valence-corrected chi connectivity index (χ1v) is 14.2. The molecule has 6 N–H and O–H groups in total. The van der Waals surface area contributed by atoms with Crippen LogP contribution in [-0.2, 0) is 25.5 Å². The Morgan fingerprint density at radius 1 is 0.778 bits per heavy atom. The van der Waals surface area contributed by atoms with Crippen LogP contribution in [0, 0.1) is 14.4 Å². The van der Waals surface area contributed by atoms with E-state index in [2.05, 4.69) is 20.2 Å². The number of halogens is 7. The second kappa shape index (κ2) is 16.0. The zero-order valence-corrected chi connectivity index (χ0v) is 27.2. The molecule has 0 fully saturated rings. The molecular formula is C26H36F6IN5O7. The van der Waals surface area contributed by atoms with Crippen molar-refractivity contribution in [2.24, 2.45) is 10.8 Å². The highest BCUT2D eigenvalue weighted by Crippen LogP contribution is 2.41. The largest absolute Gasteiger partial charge is 0.453 e. The molecule has 0 aliphatic rings. The summed E-state index contributed by atoms with van der Waals surface area (Å²) in [6, 6.07) is 0.827. The number of nitrogens with one attached hydrogen (secondary N) is 5. The normalized spacial score (nSPS) is 15.2. The third-order valence-corrected chi connectivity index (χ3v) is 7.73. The van der Waals surface area contributed by atoms with E-state index in [1.165, 1.54) is 0 Å². The third kappa shape index (κ3) is 11.0. The lowest BCUT2D eigenvalue weighted by Gasteiger charge is -2.36. The summed E-state index contributed by atoms with van der Waals surface area (Å²) in [5, 5.41) is 16.9. The lowest BCUT2D eigenvalue weighted by molar-refractivity contribution is -0.221. The van der Waals surface area contributed by atoms with Gasteiger partial charge in [0.1, 0.15) is 12.1 Å². The van der Waals surface area contributed by atoms with E-state index < -0.39 is 78.0 Å². The second-order valence-electron chi connectivity index (χ2n) is 11.0. The number of hydrogen-bond acceptors (Lipinski definition) is 8. The van der Waals surface area contributed by atoms with Crippen LogP contribution in [0.25, 0.3) is 0 Å². The number of carbonyl (C=O) groups excluding carboxylic acids is 4. The highest BCUT2D eigenvalue weighted by atomic mass is 127. The van der Waals surface area contributed by atoms with Crippen LogP contribution in [0.3, 0.4) is 0 Å². The van der Waals surface area contributed by atoms with Crippen molar-refractivity contribution in [2.75, 3.05) is 20.8 Å². The van der Waals surface area contributed by atoms with Crippen LogP contribution < -0.4 is 26.8 Å². The molecule has 0 bridgehead atoms. The van der Waals surface area contributed by atoms with Gasteiger partial charge in [0, 0.05) is 10.1 Å². The summed E-state index contributed by atoms with van der Waals surface area (Å²) >= 11 is 2.02. The van der Waals surface area contributed by atoms with Crippen LogP contribution in [-0.4, -0.2) is 86.5 Å². The van der Waals surface area contributed by atoms with Crippen LogP contribution in [0.5, 0.6) is 0 Å². The van der Waals surface area contributed by atoms with Gasteiger partial charge in [0.25, 0.3) is 5.91 Å². The highest BCUT2D eigenvalue weighted by Gasteiger charge is 2.57. The highest BCUT2D eigenvalue weighted by molar-refractivity contribution is 14.1. The molecule has 0 heterocycles. The fourth-order valence-corrected chi connectivity index (χ4v) is 4.07. The average Bonchev–Trinajstić information content (AvgIpc) is 2.93. The fourth-order valence-electron chi connectivity index (χ4n) is 3.71. The summed E-state index contributed by atoms with van der Waals surface area (Å²) in [4.78, 5) is 49.4.